The number of benzene rings is 1. The molecule has 1 rings (SSSR count). The lowest BCUT2D eigenvalue weighted by molar-refractivity contribution is -0.384. The van der Waals surface area contributed by atoms with Crippen molar-refractivity contribution in [1.29, 1.82) is 0 Å². The summed E-state index contributed by atoms with van der Waals surface area (Å²) in [6.07, 6.45) is 0.738. The lowest BCUT2D eigenvalue weighted by Crippen LogP contribution is -2.06. The molecule has 0 saturated heterocycles. The van der Waals surface area contributed by atoms with E-state index in [1.807, 2.05) is 6.92 Å². The van der Waals surface area contributed by atoms with Gasteiger partial charge in [0, 0.05) is 6.07 Å². The van der Waals surface area contributed by atoms with Gasteiger partial charge >= 0.3 is 0 Å². The van der Waals surface area contributed by atoms with E-state index < -0.39 is 4.92 Å². The number of nitrogens with zero attached hydrogens (tertiary/aromatic N) is 1. The Kier molecular flexibility index (Phi) is 6.44. The maximum atomic E-state index is 10.5. The number of aryl methyl sites for hydroxylation is 1. The van der Waals surface area contributed by atoms with Crippen molar-refractivity contribution in [2.24, 2.45) is 5.73 Å². The smallest absolute Gasteiger partial charge is 0.273 e. The average Bonchev–Trinajstić information content (AvgIpc) is 2.20. The van der Waals surface area contributed by atoms with Crippen molar-refractivity contribution in [3.05, 3.63) is 33.9 Å². The monoisotopic (exact) mass is 246 g/mol. The third-order valence-corrected chi connectivity index (χ3v) is 1.99. The Hall–Kier alpha value is -1.33. The van der Waals surface area contributed by atoms with E-state index in [1.54, 1.807) is 6.07 Å². The highest BCUT2D eigenvalue weighted by Gasteiger charge is 2.08. The van der Waals surface area contributed by atoms with E-state index in [-0.39, 0.29) is 18.1 Å². The largest absolute Gasteiger partial charge is 0.493 e. The SMILES string of the molecule is Cc1ccc([N+](=O)[O-])cc1OCCCN.Cl. The minimum atomic E-state index is -0.435. The second-order valence-corrected chi connectivity index (χ2v) is 3.20. The standard InChI is InChI=1S/C10H14N2O3.ClH/c1-8-3-4-9(12(13)14)7-10(8)15-6-2-5-11;/h3-4,7H,2,5-6,11H2,1H3;1H. The molecule has 0 aromatic heterocycles. The number of halogens is 1. The number of nitro benzene ring substituents is 1. The molecule has 0 aliphatic rings. The van der Waals surface area contributed by atoms with Crippen LogP contribution in [0.5, 0.6) is 5.75 Å². The van der Waals surface area contributed by atoms with Crippen LogP contribution in [0.15, 0.2) is 18.2 Å². The quantitative estimate of drug-likeness (QED) is 0.490. The zero-order chi connectivity index (χ0) is 11.3. The van der Waals surface area contributed by atoms with E-state index in [4.69, 9.17) is 10.5 Å². The molecule has 0 aliphatic carbocycles. The molecule has 2 N–H and O–H groups in total. The predicted molar refractivity (Wildman–Crippen MR) is 64.2 cm³/mol. The van der Waals surface area contributed by atoms with Gasteiger partial charge in [-0.25, -0.2) is 0 Å². The van der Waals surface area contributed by atoms with Crippen molar-refractivity contribution in [3.63, 3.8) is 0 Å². The van der Waals surface area contributed by atoms with Gasteiger partial charge < -0.3 is 10.5 Å². The van der Waals surface area contributed by atoms with Gasteiger partial charge in [0.15, 0.2) is 0 Å². The molecule has 0 aliphatic heterocycles. The van der Waals surface area contributed by atoms with Crippen LogP contribution in [0.3, 0.4) is 0 Å². The number of nitrogens with two attached hydrogens (primary N) is 1. The normalized spacial score (nSPS) is 9.38. The van der Waals surface area contributed by atoms with Gasteiger partial charge in [-0.05, 0) is 31.5 Å². The van der Waals surface area contributed by atoms with E-state index in [1.165, 1.54) is 12.1 Å². The highest BCUT2D eigenvalue weighted by atomic mass is 35.5. The molecule has 0 heterocycles. The molecular formula is C10H15ClN2O3. The third-order valence-electron chi connectivity index (χ3n) is 1.99. The number of hydrogen-bond acceptors (Lipinski definition) is 4. The van der Waals surface area contributed by atoms with Gasteiger partial charge in [0.2, 0.25) is 0 Å². The number of ether oxygens (including phenoxy) is 1. The molecule has 0 radical (unpaired) electrons. The lowest BCUT2D eigenvalue weighted by Gasteiger charge is -2.07. The molecule has 6 heteroatoms. The summed E-state index contributed by atoms with van der Waals surface area (Å²) in [5.41, 5.74) is 6.25. The molecule has 5 nitrogen and oxygen atoms in total. The zero-order valence-electron chi connectivity index (χ0n) is 9.01. The van der Waals surface area contributed by atoms with Crippen LogP contribution in [0.1, 0.15) is 12.0 Å². The molecule has 90 valence electrons. The number of non-ortho nitro benzene ring substituents is 1. The Morgan fingerprint density at radius 3 is 2.75 bits per heavy atom. The molecule has 0 unspecified atom stereocenters. The summed E-state index contributed by atoms with van der Waals surface area (Å²) < 4.78 is 5.38. The Labute approximate surface area is 100 Å². The van der Waals surface area contributed by atoms with Crippen molar-refractivity contribution < 1.29 is 9.66 Å². The fourth-order valence-electron chi connectivity index (χ4n) is 1.12. The molecule has 0 spiro atoms. The highest BCUT2D eigenvalue weighted by Crippen LogP contribution is 2.23. The lowest BCUT2D eigenvalue weighted by atomic mass is 10.2. The molecule has 0 atom stereocenters. The minimum absolute atomic E-state index is 0. The summed E-state index contributed by atoms with van der Waals surface area (Å²) in [4.78, 5) is 10.1. The number of rotatable bonds is 5. The maximum absolute atomic E-state index is 10.5. The fourth-order valence-corrected chi connectivity index (χ4v) is 1.12. The van der Waals surface area contributed by atoms with E-state index >= 15 is 0 Å². The predicted octanol–water partition coefficient (Wildman–Crippen LogP) is 2.05. The second kappa shape index (κ2) is 7.03. The molecule has 0 bridgehead atoms. The average molecular weight is 247 g/mol. The van der Waals surface area contributed by atoms with Crippen LogP contribution in [0.4, 0.5) is 5.69 Å². The van der Waals surface area contributed by atoms with Gasteiger partial charge in [0.05, 0.1) is 17.6 Å². The summed E-state index contributed by atoms with van der Waals surface area (Å²) in [5, 5.41) is 10.5. The van der Waals surface area contributed by atoms with Crippen LogP contribution >= 0.6 is 12.4 Å². The first-order chi connectivity index (χ1) is 7.15. The molecule has 1 aromatic rings. The summed E-state index contributed by atoms with van der Waals surface area (Å²) in [6, 6.07) is 4.58. The number of nitro groups is 1. The molecule has 0 fully saturated rings. The Bertz CT molecular complexity index is 358. The summed E-state index contributed by atoms with van der Waals surface area (Å²) in [7, 11) is 0. The van der Waals surface area contributed by atoms with Crippen molar-refractivity contribution in [1.82, 2.24) is 0 Å². The molecule has 0 saturated carbocycles. The Morgan fingerprint density at radius 2 is 2.19 bits per heavy atom. The molecule has 16 heavy (non-hydrogen) atoms. The fraction of sp³-hybridized carbons (Fsp3) is 0.400. The number of hydrogen-bond donors (Lipinski definition) is 1. The van der Waals surface area contributed by atoms with Gasteiger partial charge in [0.1, 0.15) is 5.75 Å². The van der Waals surface area contributed by atoms with E-state index in [9.17, 15) is 10.1 Å². The van der Waals surface area contributed by atoms with Crippen LogP contribution in [0.25, 0.3) is 0 Å². The summed E-state index contributed by atoms with van der Waals surface area (Å²) >= 11 is 0. The van der Waals surface area contributed by atoms with Crippen LogP contribution in [-0.4, -0.2) is 18.1 Å². The molecule has 0 amide bonds. The van der Waals surface area contributed by atoms with E-state index in [2.05, 4.69) is 0 Å². The van der Waals surface area contributed by atoms with E-state index in [0.717, 1.165) is 12.0 Å². The van der Waals surface area contributed by atoms with Crippen molar-refractivity contribution >= 4 is 18.1 Å². The zero-order valence-corrected chi connectivity index (χ0v) is 9.83. The van der Waals surface area contributed by atoms with Gasteiger partial charge in [-0.15, -0.1) is 12.4 Å². The Balaban J connectivity index is 0.00000225. The maximum Gasteiger partial charge on any atom is 0.273 e. The highest BCUT2D eigenvalue weighted by molar-refractivity contribution is 5.85. The second-order valence-electron chi connectivity index (χ2n) is 3.20. The van der Waals surface area contributed by atoms with E-state index in [0.29, 0.717) is 18.9 Å². The van der Waals surface area contributed by atoms with Gasteiger partial charge in [0.25, 0.3) is 5.69 Å². The third kappa shape index (κ3) is 4.04. The Morgan fingerprint density at radius 1 is 1.50 bits per heavy atom. The van der Waals surface area contributed by atoms with Crippen LogP contribution in [-0.2, 0) is 0 Å². The van der Waals surface area contributed by atoms with Crippen molar-refractivity contribution in [2.75, 3.05) is 13.2 Å². The van der Waals surface area contributed by atoms with Crippen molar-refractivity contribution in [3.8, 4) is 5.75 Å². The van der Waals surface area contributed by atoms with Gasteiger partial charge in [-0.3, -0.25) is 10.1 Å². The molecule has 1 aromatic carbocycles. The topological polar surface area (TPSA) is 78.4 Å². The van der Waals surface area contributed by atoms with Crippen LogP contribution in [0.2, 0.25) is 0 Å². The van der Waals surface area contributed by atoms with Crippen LogP contribution in [0, 0.1) is 17.0 Å². The first kappa shape index (κ1) is 14.7. The first-order valence-electron chi connectivity index (χ1n) is 4.73. The minimum Gasteiger partial charge on any atom is -0.493 e. The van der Waals surface area contributed by atoms with Crippen LogP contribution < -0.4 is 10.5 Å². The van der Waals surface area contributed by atoms with Gasteiger partial charge in [-0.2, -0.15) is 0 Å². The summed E-state index contributed by atoms with van der Waals surface area (Å²) in [5.74, 6) is 0.553. The van der Waals surface area contributed by atoms with Crippen molar-refractivity contribution in [2.45, 2.75) is 13.3 Å². The molecular weight excluding hydrogens is 232 g/mol. The first-order valence-corrected chi connectivity index (χ1v) is 4.73. The van der Waals surface area contributed by atoms with Gasteiger partial charge in [-0.1, -0.05) is 0 Å². The summed E-state index contributed by atoms with van der Waals surface area (Å²) in [6.45, 7) is 2.88.